The van der Waals surface area contributed by atoms with Crippen molar-refractivity contribution in [2.24, 2.45) is 0 Å². The Bertz CT molecular complexity index is 1020. The van der Waals surface area contributed by atoms with Crippen molar-refractivity contribution >= 4 is 40.0 Å². The van der Waals surface area contributed by atoms with Gasteiger partial charge < -0.3 is 15.6 Å². The zero-order valence-electron chi connectivity index (χ0n) is 15.3. The standard InChI is InChI=1S/C20H21N3O3S/c1-4-21-12(3)15-10-22-17(11(15)2)9-14-19-13-7-8-26-27(25)18(13)6-5-16(19)23-20(14)24/h5-6,9-10,21-22H,3-4,7-8H2,1-2H3,(H,23,24)/b14-9-. The van der Waals surface area contributed by atoms with E-state index >= 15 is 0 Å². The van der Waals surface area contributed by atoms with E-state index in [-0.39, 0.29) is 5.91 Å². The van der Waals surface area contributed by atoms with Crippen molar-refractivity contribution in [3.8, 4) is 0 Å². The van der Waals surface area contributed by atoms with Crippen LogP contribution in [0.1, 0.15) is 34.9 Å². The smallest absolute Gasteiger partial charge is 0.256 e. The topological polar surface area (TPSA) is 83.2 Å². The number of hydrogen-bond donors (Lipinski definition) is 3. The minimum Gasteiger partial charge on any atom is -0.385 e. The van der Waals surface area contributed by atoms with Crippen molar-refractivity contribution in [1.82, 2.24) is 10.3 Å². The van der Waals surface area contributed by atoms with E-state index in [2.05, 4.69) is 22.2 Å². The molecule has 6 nitrogen and oxygen atoms in total. The van der Waals surface area contributed by atoms with Crippen molar-refractivity contribution in [3.63, 3.8) is 0 Å². The summed E-state index contributed by atoms with van der Waals surface area (Å²) >= 11 is -1.48. The Labute approximate surface area is 160 Å². The van der Waals surface area contributed by atoms with Crippen LogP contribution in [-0.4, -0.2) is 28.3 Å². The first-order valence-electron chi connectivity index (χ1n) is 8.86. The maximum absolute atomic E-state index is 12.6. The molecule has 0 radical (unpaired) electrons. The molecule has 1 aromatic heterocycles. The highest BCUT2D eigenvalue weighted by molar-refractivity contribution is 7.80. The van der Waals surface area contributed by atoms with Gasteiger partial charge in [0, 0.05) is 40.9 Å². The third-order valence-electron chi connectivity index (χ3n) is 4.94. The van der Waals surface area contributed by atoms with Gasteiger partial charge in [0.1, 0.15) is 0 Å². The van der Waals surface area contributed by atoms with Gasteiger partial charge in [-0.05, 0) is 49.6 Å². The van der Waals surface area contributed by atoms with Gasteiger partial charge in [0.05, 0.1) is 17.1 Å². The molecule has 27 heavy (non-hydrogen) atoms. The first-order valence-corrected chi connectivity index (χ1v) is 9.94. The van der Waals surface area contributed by atoms with Gasteiger partial charge in [-0.1, -0.05) is 6.58 Å². The Morgan fingerprint density at radius 3 is 3.04 bits per heavy atom. The van der Waals surface area contributed by atoms with E-state index in [1.165, 1.54) is 0 Å². The van der Waals surface area contributed by atoms with Gasteiger partial charge in [0.25, 0.3) is 5.91 Å². The van der Waals surface area contributed by atoms with E-state index in [0.717, 1.165) is 45.9 Å². The van der Waals surface area contributed by atoms with Gasteiger partial charge in [-0.15, -0.1) is 0 Å². The van der Waals surface area contributed by atoms with Crippen LogP contribution in [0.5, 0.6) is 0 Å². The Morgan fingerprint density at radius 1 is 1.44 bits per heavy atom. The molecule has 7 heteroatoms. The molecule has 1 aromatic carbocycles. The minimum atomic E-state index is -1.48. The number of anilines is 1. The Hall–Kier alpha value is -2.64. The number of H-pyrrole nitrogens is 1. The second-order valence-electron chi connectivity index (χ2n) is 6.53. The predicted molar refractivity (Wildman–Crippen MR) is 107 cm³/mol. The lowest BCUT2D eigenvalue weighted by molar-refractivity contribution is -0.110. The van der Waals surface area contributed by atoms with Crippen LogP contribution < -0.4 is 10.6 Å². The van der Waals surface area contributed by atoms with E-state index in [4.69, 9.17) is 4.18 Å². The lowest BCUT2D eigenvalue weighted by Gasteiger charge is -2.18. The van der Waals surface area contributed by atoms with Crippen molar-refractivity contribution in [3.05, 3.63) is 52.9 Å². The molecule has 0 bridgehead atoms. The van der Waals surface area contributed by atoms with E-state index in [9.17, 15) is 9.00 Å². The first-order chi connectivity index (χ1) is 13.0. The molecule has 1 amide bonds. The number of nitrogens with one attached hydrogen (secondary N) is 3. The molecular weight excluding hydrogens is 362 g/mol. The van der Waals surface area contributed by atoms with Gasteiger partial charge in [0.2, 0.25) is 0 Å². The lowest BCUT2D eigenvalue weighted by atomic mass is 9.97. The predicted octanol–water partition coefficient (Wildman–Crippen LogP) is 2.99. The highest BCUT2D eigenvalue weighted by Crippen LogP contribution is 2.40. The van der Waals surface area contributed by atoms with Crippen molar-refractivity contribution < 1.29 is 13.2 Å². The first kappa shape index (κ1) is 17.8. The number of aromatic nitrogens is 1. The van der Waals surface area contributed by atoms with Crippen LogP contribution >= 0.6 is 0 Å². The molecule has 1 unspecified atom stereocenters. The van der Waals surface area contributed by atoms with Gasteiger partial charge in [-0.3, -0.25) is 8.98 Å². The van der Waals surface area contributed by atoms with Crippen molar-refractivity contribution in [2.75, 3.05) is 18.5 Å². The maximum Gasteiger partial charge on any atom is 0.256 e. The SMILES string of the molecule is C=C(NCC)c1c[nH]c(/C=C2\C(=O)Nc3ccc4c(c32)CCOS4=O)c1C. The molecule has 1 atom stereocenters. The van der Waals surface area contributed by atoms with Gasteiger partial charge in [-0.25, -0.2) is 4.21 Å². The van der Waals surface area contributed by atoms with Crippen LogP contribution in [0.2, 0.25) is 0 Å². The fourth-order valence-corrected chi connectivity index (χ4v) is 4.54. The van der Waals surface area contributed by atoms with E-state index in [1.807, 2.05) is 26.1 Å². The largest absolute Gasteiger partial charge is 0.385 e. The van der Waals surface area contributed by atoms with Crippen LogP contribution in [0.4, 0.5) is 5.69 Å². The summed E-state index contributed by atoms with van der Waals surface area (Å²) in [6.45, 7) is 9.25. The molecular formula is C20H21N3O3S. The maximum atomic E-state index is 12.6. The fourth-order valence-electron chi connectivity index (χ4n) is 3.60. The number of aromatic amines is 1. The molecule has 2 aromatic rings. The van der Waals surface area contributed by atoms with Crippen LogP contribution in [0.15, 0.2) is 29.8 Å². The zero-order valence-corrected chi connectivity index (χ0v) is 16.1. The molecule has 0 aliphatic carbocycles. The Morgan fingerprint density at radius 2 is 2.26 bits per heavy atom. The third-order valence-corrected chi connectivity index (χ3v) is 6.06. The molecule has 3 N–H and O–H groups in total. The molecule has 140 valence electrons. The number of carbonyl (C=O) groups excluding carboxylic acids is 1. The number of benzene rings is 1. The molecule has 4 rings (SSSR count). The average Bonchev–Trinajstić information content (AvgIpc) is 3.16. The number of amides is 1. The second kappa shape index (κ2) is 6.83. The molecule has 0 saturated heterocycles. The van der Waals surface area contributed by atoms with Gasteiger partial charge >= 0.3 is 0 Å². The highest BCUT2D eigenvalue weighted by atomic mass is 32.2. The summed E-state index contributed by atoms with van der Waals surface area (Å²) in [5.41, 5.74) is 6.79. The summed E-state index contributed by atoms with van der Waals surface area (Å²) in [4.78, 5) is 16.5. The fraction of sp³-hybridized carbons (Fsp3) is 0.250. The number of rotatable bonds is 4. The highest BCUT2D eigenvalue weighted by Gasteiger charge is 2.31. The van der Waals surface area contributed by atoms with Crippen LogP contribution in [0.3, 0.4) is 0 Å². The van der Waals surface area contributed by atoms with E-state index in [0.29, 0.717) is 23.5 Å². The summed E-state index contributed by atoms with van der Waals surface area (Å²) in [7, 11) is 0. The van der Waals surface area contributed by atoms with Crippen molar-refractivity contribution in [2.45, 2.75) is 25.2 Å². The molecule has 0 spiro atoms. The summed E-state index contributed by atoms with van der Waals surface area (Å²) < 4.78 is 17.4. The Kier molecular flexibility index (Phi) is 4.49. The summed E-state index contributed by atoms with van der Waals surface area (Å²) in [5, 5.41) is 6.13. The lowest BCUT2D eigenvalue weighted by Crippen LogP contribution is -2.14. The van der Waals surface area contributed by atoms with E-state index in [1.54, 1.807) is 12.1 Å². The van der Waals surface area contributed by atoms with Gasteiger partial charge in [-0.2, -0.15) is 0 Å². The number of fused-ring (bicyclic) bond motifs is 3. The van der Waals surface area contributed by atoms with Crippen LogP contribution in [0, 0.1) is 6.92 Å². The normalized spacial score (nSPS) is 19.6. The van der Waals surface area contributed by atoms with E-state index < -0.39 is 11.1 Å². The molecule has 2 aliphatic rings. The second-order valence-corrected chi connectivity index (χ2v) is 7.68. The summed E-state index contributed by atoms with van der Waals surface area (Å²) in [6, 6.07) is 3.56. The summed E-state index contributed by atoms with van der Waals surface area (Å²) in [5.74, 6) is -0.156. The quantitative estimate of drug-likeness (QED) is 0.709. The molecule has 3 heterocycles. The average molecular weight is 383 g/mol. The van der Waals surface area contributed by atoms with Crippen LogP contribution in [0.25, 0.3) is 17.3 Å². The molecule has 2 aliphatic heterocycles. The third kappa shape index (κ3) is 2.93. The van der Waals surface area contributed by atoms with Crippen LogP contribution in [-0.2, 0) is 26.5 Å². The minimum absolute atomic E-state index is 0.156. The summed E-state index contributed by atoms with van der Waals surface area (Å²) in [6.07, 6.45) is 4.38. The van der Waals surface area contributed by atoms with Gasteiger partial charge in [0.15, 0.2) is 11.1 Å². The molecule has 0 fully saturated rings. The Balaban J connectivity index is 1.81. The monoisotopic (exact) mass is 383 g/mol. The number of hydrogen-bond acceptors (Lipinski definition) is 4. The number of carbonyl (C=O) groups is 1. The zero-order chi connectivity index (χ0) is 19.1. The van der Waals surface area contributed by atoms with Crippen molar-refractivity contribution in [1.29, 1.82) is 0 Å². The molecule has 0 saturated carbocycles.